The van der Waals surface area contributed by atoms with Crippen LogP contribution in [0.3, 0.4) is 0 Å². The van der Waals surface area contributed by atoms with Gasteiger partial charge in [-0.1, -0.05) is 30.7 Å². The highest BCUT2D eigenvalue weighted by molar-refractivity contribution is 7.89. The molecule has 2 aromatic rings. The van der Waals surface area contributed by atoms with Gasteiger partial charge < -0.3 is 5.73 Å². The Bertz CT molecular complexity index is 892. The molecule has 2 unspecified atom stereocenters. The topological polar surface area (TPSA) is 89.5 Å². The molecule has 3 rings (SSSR count). The van der Waals surface area contributed by atoms with Gasteiger partial charge in [0.15, 0.2) is 15.1 Å². The molecule has 22 heavy (non-hydrogen) atoms. The summed E-state index contributed by atoms with van der Waals surface area (Å²) in [5.74, 6) is -0.00252. The fraction of sp³-hybridized carbons (Fsp3) is 0.308. The lowest BCUT2D eigenvalue weighted by molar-refractivity contribution is 0.416. The monoisotopic (exact) mass is 358 g/mol. The largest absolute Gasteiger partial charge is 0.320 e. The van der Waals surface area contributed by atoms with Crippen molar-refractivity contribution in [3.05, 3.63) is 40.7 Å². The molecule has 0 saturated heterocycles. The number of thiazole rings is 1. The maximum Gasteiger partial charge on any atom is 0.280 e. The molecule has 0 spiro atoms. The molecule has 1 aliphatic rings. The summed E-state index contributed by atoms with van der Waals surface area (Å²) in [6.07, 6.45) is 7.00. The van der Waals surface area contributed by atoms with Crippen LogP contribution in [0.25, 0.3) is 4.96 Å². The predicted molar refractivity (Wildman–Crippen MR) is 87.4 cm³/mol. The van der Waals surface area contributed by atoms with E-state index in [1.54, 1.807) is 30.7 Å². The Balaban J connectivity index is 2.05. The molecule has 0 radical (unpaired) electrons. The standard InChI is InChI=1S/C13H15ClN4O2S2/c1-8-4-3-5-9(13(8,2)15)17-22(19,20)11-10(14)16-12-18(11)6-7-21-12/h3-8,17H,15H2,1-2H3. The Morgan fingerprint density at radius 1 is 1.55 bits per heavy atom. The van der Waals surface area contributed by atoms with Gasteiger partial charge in [0.2, 0.25) is 0 Å². The predicted octanol–water partition coefficient (Wildman–Crippen LogP) is 2.13. The summed E-state index contributed by atoms with van der Waals surface area (Å²) in [7, 11) is -3.90. The number of allylic oxidation sites excluding steroid dienone is 2. The second-order valence-corrected chi connectivity index (χ2v) is 8.23. The van der Waals surface area contributed by atoms with E-state index in [0.29, 0.717) is 10.7 Å². The van der Waals surface area contributed by atoms with E-state index in [1.165, 1.54) is 15.7 Å². The minimum atomic E-state index is -3.90. The van der Waals surface area contributed by atoms with Crippen LogP contribution in [0.2, 0.25) is 5.15 Å². The van der Waals surface area contributed by atoms with Crippen LogP contribution >= 0.6 is 22.9 Å². The van der Waals surface area contributed by atoms with Crippen molar-refractivity contribution in [2.24, 2.45) is 11.7 Å². The summed E-state index contributed by atoms with van der Waals surface area (Å²) in [5, 5.41) is 1.61. The van der Waals surface area contributed by atoms with E-state index in [-0.39, 0.29) is 16.1 Å². The molecule has 0 bridgehead atoms. The van der Waals surface area contributed by atoms with Crippen LogP contribution in [0.4, 0.5) is 0 Å². The van der Waals surface area contributed by atoms with Crippen molar-refractivity contribution in [3.8, 4) is 0 Å². The van der Waals surface area contributed by atoms with E-state index in [2.05, 4.69) is 9.71 Å². The number of rotatable bonds is 3. The zero-order valence-corrected chi connectivity index (χ0v) is 14.3. The Kier molecular flexibility index (Phi) is 3.59. The number of imidazole rings is 1. The molecule has 0 aliphatic heterocycles. The van der Waals surface area contributed by atoms with Gasteiger partial charge in [0.1, 0.15) is 0 Å². The fourth-order valence-electron chi connectivity index (χ4n) is 2.26. The smallest absolute Gasteiger partial charge is 0.280 e. The molecule has 2 aromatic heterocycles. The average molecular weight is 359 g/mol. The highest BCUT2D eigenvalue weighted by Gasteiger charge is 2.35. The van der Waals surface area contributed by atoms with Crippen LogP contribution in [0, 0.1) is 5.92 Å². The highest BCUT2D eigenvalue weighted by atomic mass is 35.5. The van der Waals surface area contributed by atoms with Gasteiger partial charge in [-0.2, -0.15) is 8.42 Å². The SMILES string of the molecule is CC1C=CC=C(NS(=O)(=O)c2c(Cl)nc3sccn23)C1(C)N. The Morgan fingerprint density at radius 3 is 3.00 bits per heavy atom. The summed E-state index contributed by atoms with van der Waals surface area (Å²) >= 11 is 7.31. The second-order valence-electron chi connectivity index (χ2n) is 5.41. The molecule has 1 aliphatic carbocycles. The molecule has 9 heteroatoms. The second kappa shape index (κ2) is 5.09. The van der Waals surface area contributed by atoms with E-state index in [0.717, 1.165) is 0 Å². The van der Waals surface area contributed by atoms with Crippen LogP contribution in [0.1, 0.15) is 13.8 Å². The van der Waals surface area contributed by atoms with Crippen molar-refractivity contribution in [2.45, 2.75) is 24.4 Å². The van der Waals surface area contributed by atoms with Gasteiger partial charge in [0.05, 0.1) is 5.54 Å². The van der Waals surface area contributed by atoms with Gasteiger partial charge >= 0.3 is 0 Å². The molecule has 2 heterocycles. The van der Waals surface area contributed by atoms with Crippen molar-refractivity contribution < 1.29 is 8.42 Å². The lowest BCUT2D eigenvalue weighted by atomic mass is 9.82. The number of sulfonamides is 1. The molecule has 0 aromatic carbocycles. The van der Waals surface area contributed by atoms with Gasteiger partial charge in [0, 0.05) is 17.3 Å². The third-order valence-electron chi connectivity index (χ3n) is 3.87. The van der Waals surface area contributed by atoms with Crippen molar-refractivity contribution in [3.63, 3.8) is 0 Å². The maximum atomic E-state index is 12.7. The van der Waals surface area contributed by atoms with Crippen LogP contribution in [-0.2, 0) is 10.0 Å². The third kappa shape index (κ3) is 2.36. The summed E-state index contributed by atoms with van der Waals surface area (Å²) in [6, 6.07) is 0. The number of nitrogens with two attached hydrogens (primary N) is 1. The number of fused-ring (bicyclic) bond motifs is 1. The van der Waals surface area contributed by atoms with E-state index < -0.39 is 15.6 Å². The van der Waals surface area contributed by atoms with Crippen molar-refractivity contribution in [2.75, 3.05) is 0 Å². The Labute approximate surface area is 137 Å². The van der Waals surface area contributed by atoms with Crippen molar-refractivity contribution in [1.29, 1.82) is 0 Å². The van der Waals surface area contributed by atoms with E-state index >= 15 is 0 Å². The number of aromatic nitrogens is 2. The van der Waals surface area contributed by atoms with Crippen LogP contribution in [-0.4, -0.2) is 23.3 Å². The molecule has 3 N–H and O–H groups in total. The maximum absolute atomic E-state index is 12.7. The van der Waals surface area contributed by atoms with E-state index in [1.807, 2.05) is 13.0 Å². The van der Waals surface area contributed by atoms with Gasteiger partial charge in [-0.15, -0.1) is 11.3 Å². The molecule has 6 nitrogen and oxygen atoms in total. The average Bonchev–Trinajstić information content (AvgIpc) is 2.94. The first-order valence-corrected chi connectivity index (χ1v) is 9.29. The fourth-order valence-corrected chi connectivity index (χ4v) is 4.90. The number of hydrogen-bond acceptors (Lipinski definition) is 5. The zero-order valence-electron chi connectivity index (χ0n) is 11.9. The summed E-state index contributed by atoms with van der Waals surface area (Å²) in [5.41, 5.74) is 5.86. The third-order valence-corrected chi connectivity index (χ3v) is 6.39. The van der Waals surface area contributed by atoms with Gasteiger partial charge in [-0.3, -0.25) is 9.12 Å². The minimum absolute atomic E-state index is 0.00252. The van der Waals surface area contributed by atoms with Crippen LogP contribution in [0.15, 0.2) is 40.5 Å². The van der Waals surface area contributed by atoms with E-state index in [9.17, 15) is 8.42 Å². The Morgan fingerprint density at radius 2 is 2.27 bits per heavy atom. The molecule has 0 saturated carbocycles. The molecule has 0 fully saturated rings. The first-order valence-electron chi connectivity index (χ1n) is 6.55. The number of nitrogens with one attached hydrogen (secondary N) is 1. The lowest BCUT2D eigenvalue weighted by Gasteiger charge is -2.34. The first kappa shape index (κ1) is 15.5. The van der Waals surface area contributed by atoms with Gasteiger partial charge in [0.25, 0.3) is 10.0 Å². The van der Waals surface area contributed by atoms with Crippen molar-refractivity contribution >= 4 is 37.9 Å². The first-order chi connectivity index (χ1) is 10.2. The summed E-state index contributed by atoms with van der Waals surface area (Å²) in [6.45, 7) is 3.72. The number of halogens is 1. The number of nitrogens with zero attached hydrogens (tertiary/aromatic N) is 2. The molecule has 2 atom stereocenters. The summed E-state index contributed by atoms with van der Waals surface area (Å²) in [4.78, 5) is 4.57. The number of hydrogen-bond donors (Lipinski definition) is 2. The Hall–Kier alpha value is -1.35. The minimum Gasteiger partial charge on any atom is -0.320 e. The van der Waals surface area contributed by atoms with Crippen molar-refractivity contribution in [1.82, 2.24) is 14.1 Å². The van der Waals surface area contributed by atoms with Crippen LogP contribution in [0.5, 0.6) is 0 Å². The normalized spacial score (nSPS) is 25.5. The summed E-state index contributed by atoms with van der Waals surface area (Å²) < 4.78 is 29.4. The van der Waals surface area contributed by atoms with Crippen LogP contribution < -0.4 is 10.5 Å². The molecular formula is C13H15ClN4O2S2. The van der Waals surface area contributed by atoms with Gasteiger partial charge in [-0.05, 0) is 18.9 Å². The molecule has 0 amide bonds. The quantitative estimate of drug-likeness (QED) is 0.879. The van der Waals surface area contributed by atoms with E-state index in [4.69, 9.17) is 17.3 Å². The molecular weight excluding hydrogens is 344 g/mol. The zero-order chi connectivity index (χ0) is 16.1. The van der Waals surface area contributed by atoms with Gasteiger partial charge in [-0.25, -0.2) is 4.98 Å². The highest BCUT2D eigenvalue weighted by Crippen LogP contribution is 2.30. The lowest BCUT2D eigenvalue weighted by Crippen LogP contribution is -2.50. The molecule has 118 valence electrons.